The quantitative estimate of drug-likeness (QED) is 0.849. The molecule has 0 aliphatic heterocycles. The van der Waals surface area contributed by atoms with Crippen LogP contribution < -0.4 is 0 Å². The molecule has 0 unspecified atom stereocenters. The van der Waals surface area contributed by atoms with E-state index in [1.165, 1.54) is 0 Å². The van der Waals surface area contributed by atoms with Crippen LogP contribution in [0.1, 0.15) is 38.8 Å². The molecule has 0 saturated carbocycles. The minimum atomic E-state index is -0.262. The summed E-state index contributed by atoms with van der Waals surface area (Å²) >= 11 is 0. The monoisotopic (exact) mass is 222 g/mol. The van der Waals surface area contributed by atoms with E-state index < -0.39 is 0 Å². The predicted octanol–water partition coefficient (Wildman–Crippen LogP) is 2.84. The summed E-state index contributed by atoms with van der Waals surface area (Å²) in [6.07, 6.45) is 0. The molecule has 2 nitrogen and oxygen atoms in total. The average molecular weight is 222 g/mol. The normalized spacial score (nSPS) is 12.9. The number of hydrogen-bond acceptors (Lipinski definition) is 2. The van der Waals surface area contributed by atoms with Crippen molar-refractivity contribution in [3.05, 3.63) is 35.4 Å². The molecule has 0 aliphatic rings. The van der Waals surface area contributed by atoms with Crippen LogP contribution in [-0.2, 0) is 15.8 Å². The lowest BCUT2D eigenvalue weighted by Gasteiger charge is -2.26. The van der Waals surface area contributed by atoms with E-state index in [9.17, 15) is 5.11 Å². The van der Waals surface area contributed by atoms with Crippen molar-refractivity contribution in [2.45, 2.75) is 38.7 Å². The van der Waals surface area contributed by atoms with E-state index >= 15 is 0 Å². The topological polar surface area (TPSA) is 29.5 Å². The Bertz CT molecular complexity index is 301. The van der Waals surface area contributed by atoms with Gasteiger partial charge < -0.3 is 9.84 Å². The van der Waals surface area contributed by atoms with Crippen molar-refractivity contribution >= 4 is 0 Å². The van der Waals surface area contributed by atoms with E-state index in [-0.39, 0.29) is 17.6 Å². The molecule has 0 spiro atoms. The summed E-state index contributed by atoms with van der Waals surface area (Å²) in [5.74, 6) is 0. The molecule has 1 rings (SSSR count). The molecule has 0 aromatic heterocycles. The zero-order valence-corrected chi connectivity index (χ0v) is 10.9. The maximum atomic E-state index is 9.30. The first kappa shape index (κ1) is 13.2. The smallest absolute Gasteiger partial charge is 0.0871 e. The number of ether oxygens (including phenoxy) is 1. The molecule has 0 heterocycles. The zero-order valence-electron chi connectivity index (χ0n) is 10.9. The van der Waals surface area contributed by atoms with Crippen LogP contribution in [0.4, 0.5) is 0 Å². The largest absolute Gasteiger partial charge is 0.395 e. The molecule has 1 aromatic rings. The maximum absolute atomic E-state index is 9.30. The van der Waals surface area contributed by atoms with Crippen molar-refractivity contribution in [3.63, 3.8) is 0 Å². The van der Waals surface area contributed by atoms with Crippen molar-refractivity contribution in [1.29, 1.82) is 0 Å². The van der Waals surface area contributed by atoms with Crippen LogP contribution in [0.3, 0.4) is 0 Å². The molecular formula is C14H22O2. The number of aliphatic hydroxyl groups excluding tert-OH is 1. The third-order valence-corrected chi connectivity index (χ3v) is 3.27. The van der Waals surface area contributed by atoms with Gasteiger partial charge in [0.25, 0.3) is 0 Å². The van der Waals surface area contributed by atoms with Gasteiger partial charge in [0.1, 0.15) is 0 Å². The van der Waals surface area contributed by atoms with Gasteiger partial charge in [-0.25, -0.2) is 0 Å². The highest BCUT2D eigenvalue weighted by Crippen LogP contribution is 2.27. The molecular weight excluding hydrogens is 200 g/mol. The standard InChI is InChI=1S/C14H22O2/c1-13(2,10-15)11-6-8-12(9-7-11)14(3,4)16-5/h6-9,15H,10H2,1-5H3. The summed E-state index contributed by atoms with van der Waals surface area (Å²) in [6.45, 7) is 8.30. The number of benzene rings is 1. The van der Waals surface area contributed by atoms with Crippen molar-refractivity contribution in [2.24, 2.45) is 0 Å². The SMILES string of the molecule is COC(C)(C)c1ccc(C(C)(C)CO)cc1. The van der Waals surface area contributed by atoms with Crippen LogP contribution in [0.5, 0.6) is 0 Å². The Hall–Kier alpha value is -0.860. The molecule has 0 aliphatic carbocycles. The Kier molecular flexibility index (Phi) is 3.76. The second-order valence-corrected chi connectivity index (χ2v) is 5.33. The van der Waals surface area contributed by atoms with Gasteiger partial charge in [-0.2, -0.15) is 0 Å². The second-order valence-electron chi connectivity index (χ2n) is 5.33. The second kappa shape index (κ2) is 4.56. The van der Waals surface area contributed by atoms with Crippen LogP contribution in [0.2, 0.25) is 0 Å². The summed E-state index contributed by atoms with van der Waals surface area (Å²) in [6, 6.07) is 8.26. The van der Waals surface area contributed by atoms with E-state index in [4.69, 9.17) is 4.74 Å². The van der Waals surface area contributed by atoms with Crippen LogP contribution in [-0.4, -0.2) is 18.8 Å². The van der Waals surface area contributed by atoms with Gasteiger partial charge >= 0.3 is 0 Å². The molecule has 1 aromatic carbocycles. The van der Waals surface area contributed by atoms with Crippen molar-refractivity contribution in [1.82, 2.24) is 0 Å². The number of aliphatic hydroxyl groups is 1. The molecule has 0 radical (unpaired) electrons. The summed E-state index contributed by atoms with van der Waals surface area (Å²) < 4.78 is 5.43. The molecule has 0 saturated heterocycles. The van der Waals surface area contributed by atoms with Gasteiger partial charge in [-0.1, -0.05) is 38.1 Å². The number of hydrogen-bond donors (Lipinski definition) is 1. The van der Waals surface area contributed by atoms with Gasteiger partial charge in [-0.3, -0.25) is 0 Å². The van der Waals surface area contributed by atoms with Crippen molar-refractivity contribution in [3.8, 4) is 0 Å². The zero-order chi connectivity index (χ0) is 12.4. The first-order valence-electron chi connectivity index (χ1n) is 5.60. The van der Waals surface area contributed by atoms with Gasteiger partial charge in [-0.05, 0) is 25.0 Å². The molecule has 2 heteroatoms. The highest BCUT2D eigenvalue weighted by Gasteiger charge is 2.22. The lowest BCUT2D eigenvalue weighted by molar-refractivity contribution is 0.0192. The first-order valence-corrected chi connectivity index (χ1v) is 5.60. The predicted molar refractivity (Wildman–Crippen MR) is 66.6 cm³/mol. The minimum Gasteiger partial charge on any atom is -0.395 e. The van der Waals surface area contributed by atoms with Crippen molar-refractivity contribution < 1.29 is 9.84 Å². The van der Waals surface area contributed by atoms with E-state index in [0.717, 1.165) is 11.1 Å². The first-order chi connectivity index (χ1) is 7.33. The molecule has 0 amide bonds. The van der Waals surface area contributed by atoms with E-state index in [0.29, 0.717) is 0 Å². The Morgan fingerprint density at radius 3 is 1.81 bits per heavy atom. The van der Waals surface area contributed by atoms with Gasteiger partial charge in [0.15, 0.2) is 0 Å². The Morgan fingerprint density at radius 2 is 1.44 bits per heavy atom. The van der Waals surface area contributed by atoms with Crippen LogP contribution in [0, 0.1) is 0 Å². The summed E-state index contributed by atoms with van der Waals surface area (Å²) in [5, 5.41) is 9.30. The van der Waals surface area contributed by atoms with Gasteiger partial charge in [0, 0.05) is 12.5 Å². The van der Waals surface area contributed by atoms with Crippen LogP contribution >= 0.6 is 0 Å². The minimum absolute atomic E-state index is 0.153. The highest BCUT2D eigenvalue weighted by atomic mass is 16.5. The fourth-order valence-corrected chi connectivity index (χ4v) is 1.53. The Balaban J connectivity index is 3.00. The summed E-state index contributed by atoms with van der Waals surface area (Å²) in [5.41, 5.74) is 1.84. The van der Waals surface area contributed by atoms with E-state index in [2.05, 4.69) is 24.3 Å². The fourth-order valence-electron chi connectivity index (χ4n) is 1.53. The Morgan fingerprint density at radius 1 is 1.00 bits per heavy atom. The molecule has 90 valence electrons. The molecule has 0 atom stereocenters. The van der Waals surface area contributed by atoms with Crippen LogP contribution in [0.25, 0.3) is 0 Å². The van der Waals surface area contributed by atoms with E-state index in [1.54, 1.807) is 7.11 Å². The molecule has 0 bridgehead atoms. The Labute approximate surface area is 98.3 Å². The lowest BCUT2D eigenvalue weighted by atomic mass is 9.84. The fraction of sp³-hybridized carbons (Fsp3) is 0.571. The number of rotatable bonds is 4. The number of methoxy groups -OCH3 is 1. The lowest BCUT2D eigenvalue weighted by Crippen LogP contribution is -2.23. The molecule has 0 fully saturated rings. The molecule has 16 heavy (non-hydrogen) atoms. The highest BCUT2D eigenvalue weighted by molar-refractivity contribution is 5.30. The summed E-state index contributed by atoms with van der Waals surface area (Å²) in [7, 11) is 1.71. The molecule has 1 N–H and O–H groups in total. The summed E-state index contributed by atoms with van der Waals surface area (Å²) in [4.78, 5) is 0. The van der Waals surface area contributed by atoms with E-state index in [1.807, 2.05) is 27.7 Å². The maximum Gasteiger partial charge on any atom is 0.0871 e. The van der Waals surface area contributed by atoms with Gasteiger partial charge in [0.2, 0.25) is 0 Å². The van der Waals surface area contributed by atoms with Gasteiger partial charge in [-0.15, -0.1) is 0 Å². The average Bonchev–Trinajstić information content (AvgIpc) is 2.29. The third-order valence-electron chi connectivity index (χ3n) is 3.27. The van der Waals surface area contributed by atoms with Gasteiger partial charge in [0.05, 0.1) is 12.2 Å². The van der Waals surface area contributed by atoms with Crippen molar-refractivity contribution in [2.75, 3.05) is 13.7 Å². The van der Waals surface area contributed by atoms with Crippen LogP contribution in [0.15, 0.2) is 24.3 Å². The third kappa shape index (κ3) is 2.63.